The Morgan fingerprint density at radius 3 is 2.66 bits per heavy atom. The molecule has 0 aliphatic carbocycles. The fraction of sp³-hybridized carbons (Fsp3) is 0.286. The van der Waals surface area contributed by atoms with Crippen molar-refractivity contribution in [3.8, 4) is 11.5 Å². The maximum absolute atomic E-state index is 12.7. The molecule has 0 fully saturated rings. The first kappa shape index (κ1) is 21.3. The summed E-state index contributed by atoms with van der Waals surface area (Å²) in [6.07, 6.45) is 0.834. The van der Waals surface area contributed by atoms with Gasteiger partial charge in [0.2, 0.25) is 5.13 Å². The van der Waals surface area contributed by atoms with Crippen molar-refractivity contribution in [1.29, 1.82) is 0 Å². The number of hydrogen-bond acceptors (Lipinski definition) is 6. The third-order valence-electron chi connectivity index (χ3n) is 3.99. The highest BCUT2D eigenvalue weighted by atomic mass is 79.9. The van der Waals surface area contributed by atoms with Crippen LogP contribution in [0.5, 0.6) is 11.5 Å². The molecule has 1 amide bonds. The summed E-state index contributed by atoms with van der Waals surface area (Å²) in [6, 6.07) is 13.2. The minimum absolute atomic E-state index is 0.286. The van der Waals surface area contributed by atoms with Gasteiger partial charge in [0.1, 0.15) is 11.6 Å². The first-order valence-electron chi connectivity index (χ1n) is 9.14. The van der Waals surface area contributed by atoms with Crippen molar-refractivity contribution in [2.24, 2.45) is 5.92 Å². The van der Waals surface area contributed by atoms with Crippen LogP contribution in [0.2, 0.25) is 0 Å². The van der Waals surface area contributed by atoms with E-state index in [9.17, 15) is 4.79 Å². The number of ether oxygens (including phenoxy) is 2. The summed E-state index contributed by atoms with van der Waals surface area (Å²) < 4.78 is 12.0. The van der Waals surface area contributed by atoms with Gasteiger partial charge in [-0.2, -0.15) is 0 Å². The minimum Gasteiger partial charge on any atom is -0.493 e. The molecule has 0 saturated heterocycles. The first-order valence-corrected chi connectivity index (χ1v) is 10.7. The summed E-state index contributed by atoms with van der Waals surface area (Å²) >= 11 is 4.87. The average molecular weight is 476 g/mol. The smallest absolute Gasteiger partial charge is 0.257 e. The Balaban J connectivity index is 1.73. The van der Waals surface area contributed by atoms with Gasteiger partial charge in [-0.1, -0.05) is 55.5 Å². The van der Waals surface area contributed by atoms with E-state index >= 15 is 0 Å². The summed E-state index contributed by atoms with van der Waals surface area (Å²) in [7, 11) is 1.54. The molecule has 1 heterocycles. The van der Waals surface area contributed by atoms with E-state index in [1.807, 2.05) is 30.3 Å². The Bertz CT molecular complexity index is 977. The second kappa shape index (κ2) is 9.84. The summed E-state index contributed by atoms with van der Waals surface area (Å²) in [5.74, 6) is 1.21. The summed E-state index contributed by atoms with van der Waals surface area (Å²) in [4.78, 5) is 12.7. The number of nitrogens with one attached hydrogen (secondary N) is 1. The van der Waals surface area contributed by atoms with Gasteiger partial charge in [-0.05, 0) is 39.5 Å². The van der Waals surface area contributed by atoms with Crippen LogP contribution in [0.4, 0.5) is 5.13 Å². The van der Waals surface area contributed by atoms with Crippen LogP contribution in [-0.2, 0) is 13.0 Å². The van der Waals surface area contributed by atoms with E-state index in [1.165, 1.54) is 11.3 Å². The summed E-state index contributed by atoms with van der Waals surface area (Å²) in [5, 5.41) is 12.3. The topological polar surface area (TPSA) is 73.3 Å². The lowest BCUT2D eigenvalue weighted by molar-refractivity contribution is 0.102. The summed E-state index contributed by atoms with van der Waals surface area (Å²) in [6.45, 7) is 4.63. The average Bonchev–Trinajstić information content (AvgIpc) is 3.13. The van der Waals surface area contributed by atoms with E-state index in [2.05, 4.69) is 45.3 Å². The number of methoxy groups -OCH3 is 1. The highest BCUT2D eigenvalue weighted by Gasteiger charge is 2.17. The molecule has 1 N–H and O–H groups in total. The maximum Gasteiger partial charge on any atom is 0.257 e. The zero-order chi connectivity index (χ0) is 20.8. The van der Waals surface area contributed by atoms with Crippen molar-refractivity contribution < 1.29 is 14.3 Å². The van der Waals surface area contributed by atoms with Crippen molar-refractivity contribution in [3.63, 3.8) is 0 Å². The quantitative estimate of drug-likeness (QED) is 0.475. The van der Waals surface area contributed by atoms with E-state index in [0.29, 0.717) is 39.2 Å². The highest BCUT2D eigenvalue weighted by Crippen LogP contribution is 2.37. The molecule has 1 aromatic heterocycles. The van der Waals surface area contributed by atoms with E-state index in [1.54, 1.807) is 19.2 Å². The van der Waals surface area contributed by atoms with Gasteiger partial charge < -0.3 is 9.47 Å². The molecular weight excluding hydrogens is 454 g/mol. The lowest BCUT2D eigenvalue weighted by Crippen LogP contribution is -2.12. The molecule has 0 radical (unpaired) electrons. The van der Waals surface area contributed by atoms with Crippen LogP contribution in [0.25, 0.3) is 0 Å². The Morgan fingerprint density at radius 2 is 1.97 bits per heavy atom. The lowest BCUT2D eigenvalue weighted by atomic mass is 10.1. The predicted molar refractivity (Wildman–Crippen MR) is 118 cm³/mol. The number of benzene rings is 2. The standard InChI is InChI=1S/C21H22BrN3O3S/c1-13(2)9-18-24-25-21(29-18)23-20(26)15-10-16(22)19(17(11-15)27-3)28-12-14-7-5-4-6-8-14/h4-8,10-11,13H,9,12H2,1-3H3,(H,23,25,26). The molecular formula is C21H22BrN3O3S. The number of rotatable bonds is 8. The number of carbonyl (C=O) groups is 1. The predicted octanol–water partition coefficient (Wildman–Crippen LogP) is 5.34. The van der Waals surface area contributed by atoms with Gasteiger partial charge in [-0.25, -0.2) is 0 Å². The maximum atomic E-state index is 12.7. The van der Waals surface area contributed by atoms with E-state index in [4.69, 9.17) is 9.47 Å². The third kappa shape index (κ3) is 5.77. The van der Waals surface area contributed by atoms with Gasteiger partial charge in [-0.15, -0.1) is 10.2 Å². The Morgan fingerprint density at radius 1 is 1.21 bits per heavy atom. The molecule has 2 aromatic carbocycles. The number of anilines is 1. The van der Waals surface area contributed by atoms with Crippen LogP contribution in [-0.4, -0.2) is 23.2 Å². The second-order valence-corrected chi connectivity index (χ2v) is 8.73. The molecule has 3 aromatic rings. The third-order valence-corrected chi connectivity index (χ3v) is 5.44. The Hall–Kier alpha value is -2.45. The number of nitrogens with zero attached hydrogens (tertiary/aromatic N) is 2. The molecule has 29 heavy (non-hydrogen) atoms. The van der Waals surface area contributed by atoms with Gasteiger partial charge >= 0.3 is 0 Å². The van der Waals surface area contributed by atoms with E-state index < -0.39 is 0 Å². The van der Waals surface area contributed by atoms with Crippen LogP contribution in [0.3, 0.4) is 0 Å². The second-order valence-electron chi connectivity index (χ2n) is 6.82. The fourth-order valence-electron chi connectivity index (χ4n) is 2.63. The van der Waals surface area contributed by atoms with Gasteiger partial charge in [0.05, 0.1) is 11.6 Å². The zero-order valence-electron chi connectivity index (χ0n) is 16.4. The van der Waals surface area contributed by atoms with Crippen molar-refractivity contribution >= 4 is 38.3 Å². The van der Waals surface area contributed by atoms with Gasteiger partial charge in [0.15, 0.2) is 11.5 Å². The van der Waals surface area contributed by atoms with Crippen LogP contribution in [0.1, 0.15) is 34.8 Å². The lowest BCUT2D eigenvalue weighted by Gasteiger charge is -2.14. The first-order chi connectivity index (χ1) is 14.0. The molecule has 0 aliphatic rings. The normalized spacial score (nSPS) is 10.8. The molecule has 0 bridgehead atoms. The molecule has 6 nitrogen and oxygen atoms in total. The minimum atomic E-state index is -0.286. The van der Waals surface area contributed by atoms with E-state index in [-0.39, 0.29) is 5.91 Å². The molecule has 0 aliphatic heterocycles. The molecule has 0 saturated carbocycles. The summed E-state index contributed by atoms with van der Waals surface area (Å²) in [5.41, 5.74) is 1.47. The number of halogens is 1. The van der Waals surface area contributed by atoms with Gasteiger partial charge in [0.25, 0.3) is 5.91 Å². The van der Waals surface area contributed by atoms with E-state index in [0.717, 1.165) is 17.0 Å². The van der Waals surface area contributed by atoms with Crippen molar-refractivity contribution in [2.45, 2.75) is 26.9 Å². The molecule has 152 valence electrons. The van der Waals surface area contributed by atoms with Gasteiger partial charge in [-0.3, -0.25) is 10.1 Å². The largest absolute Gasteiger partial charge is 0.493 e. The van der Waals surface area contributed by atoms with Crippen molar-refractivity contribution in [1.82, 2.24) is 10.2 Å². The molecule has 0 atom stereocenters. The zero-order valence-corrected chi connectivity index (χ0v) is 18.8. The highest BCUT2D eigenvalue weighted by molar-refractivity contribution is 9.10. The number of carbonyl (C=O) groups excluding carboxylic acids is 1. The Kier molecular flexibility index (Phi) is 7.22. The molecule has 0 unspecified atom stereocenters. The number of hydrogen-bond donors (Lipinski definition) is 1. The van der Waals surface area contributed by atoms with Crippen LogP contribution in [0, 0.1) is 5.92 Å². The number of amides is 1. The monoisotopic (exact) mass is 475 g/mol. The van der Waals surface area contributed by atoms with Crippen molar-refractivity contribution in [2.75, 3.05) is 12.4 Å². The molecule has 3 rings (SSSR count). The Labute approximate surface area is 182 Å². The van der Waals surface area contributed by atoms with Crippen molar-refractivity contribution in [3.05, 3.63) is 63.1 Å². The van der Waals surface area contributed by atoms with Crippen LogP contribution >= 0.6 is 27.3 Å². The SMILES string of the molecule is COc1cc(C(=O)Nc2nnc(CC(C)C)s2)cc(Br)c1OCc1ccccc1. The van der Waals surface area contributed by atoms with Crippen LogP contribution < -0.4 is 14.8 Å². The fourth-order valence-corrected chi connectivity index (χ4v) is 4.13. The number of aromatic nitrogens is 2. The molecule has 8 heteroatoms. The van der Waals surface area contributed by atoms with Gasteiger partial charge in [0, 0.05) is 12.0 Å². The molecule has 0 spiro atoms. The van der Waals surface area contributed by atoms with Crippen LogP contribution in [0.15, 0.2) is 46.9 Å².